The Morgan fingerprint density at radius 3 is 2.36 bits per heavy atom. The number of rotatable bonds is 4. The fourth-order valence-electron chi connectivity index (χ4n) is 2.74. The lowest BCUT2D eigenvalue weighted by Gasteiger charge is -2.32. The summed E-state index contributed by atoms with van der Waals surface area (Å²) >= 11 is 0. The summed E-state index contributed by atoms with van der Waals surface area (Å²) in [6.45, 7) is 4.81. The maximum absolute atomic E-state index is 12.2. The normalized spacial score (nSPS) is 16.8. The second-order valence-corrected chi connectivity index (χ2v) is 8.53. The molecule has 6 heteroatoms. The molecule has 0 aliphatic carbocycles. The van der Waals surface area contributed by atoms with Gasteiger partial charge in [-0.05, 0) is 30.9 Å². The minimum atomic E-state index is -3.05. The number of piperidine rings is 1. The minimum absolute atomic E-state index is 0.143. The second kappa shape index (κ2) is 7.13. The average Bonchev–Trinajstić information content (AvgIpc) is 2.47. The number of likely N-dealkylation sites (tertiary alicyclic amines) is 1. The predicted octanol–water partition coefficient (Wildman–Crippen LogP) is 2.75. The van der Waals surface area contributed by atoms with E-state index in [0.717, 1.165) is 5.69 Å². The highest BCUT2D eigenvalue weighted by Gasteiger charge is 2.31. The number of anilines is 1. The summed E-state index contributed by atoms with van der Waals surface area (Å²) in [6.07, 6.45) is 1.05. The predicted molar refractivity (Wildman–Crippen MR) is 88.7 cm³/mol. The fraction of sp³-hybridized carbons (Fsp3) is 0.562. The molecule has 1 aliphatic rings. The summed E-state index contributed by atoms with van der Waals surface area (Å²) in [5.74, 6) is 0.373. The molecule has 1 aromatic rings. The first-order valence-corrected chi connectivity index (χ1v) is 9.42. The van der Waals surface area contributed by atoms with E-state index in [1.54, 1.807) is 4.90 Å². The van der Waals surface area contributed by atoms with Crippen LogP contribution in [0.1, 0.15) is 26.7 Å². The van der Waals surface area contributed by atoms with Gasteiger partial charge in [0.2, 0.25) is 0 Å². The number of para-hydroxylation sites is 1. The van der Waals surface area contributed by atoms with Gasteiger partial charge in [0.1, 0.15) is 0 Å². The maximum atomic E-state index is 12.2. The Kier molecular flexibility index (Phi) is 5.45. The molecule has 1 aromatic carbocycles. The maximum Gasteiger partial charge on any atom is 0.321 e. The first-order chi connectivity index (χ1) is 10.4. The van der Waals surface area contributed by atoms with Gasteiger partial charge in [0.25, 0.3) is 0 Å². The molecule has 122 valence electrons. The van der Waals surface area contributed by atoms with Gasteiger partial charge < -0.3 is 10.2 Å². The molecule has 0 aromatic heterocycles. The largest absolute Gasteiger partial charge is 0.324 e. The highest BCUT2D eigenvalue weighted by Crippen LogP contribution is 2.21. The molecular formula is C16H24N2O3S. The number of nitrogens with zero attached hydrogens (tertiary/aromatic N) is 1. The quantitative estimate of drug-likeness (QED) is 0.926. The monoisotopic (exact) mass is 324 g/mol. The zero-order valence-electron chi connectivity index (χ0n) is 13.2. The second-order valence-electron chi connectivity index (χ2n) is 6.21. The zero-order chi connectivity index (χ0) is 16.2. The SMILES string of the molecule is CC(C)CS(=O)(=O)C1CCN(C(=O)Nc2ccccc2)CC1. The number of urea groups is 1. The Bertz CT molecular complexity index is 591. The summed E-state index contributed by atoms with van der Waals surface area (Å²) in [7, 11) is -3.05. The molecule has 1 saturated heterocycles. The van der Waals surface area contributed by atoms with Crippen LogP contribution >= 0.6 is 0 Å². The average molecular weight is 324 g/mol. The lowest BCUT2D eigenvalue weighted by molar-refractivity contribution is 0.200. The van der Waals surface area contributed by atoms with Crippen LogP contribution in [-0.4, -0.2) is 43.4 Å². The molecule has 5 nitrogen and oxygen atoms in total. The first kappa shape index (κ1) is 16.8. The van der Waals surface area contributed by atoms with Crippen LogP contribution in [0.4, 0.5) is 10.5 Å². The summed E-state index contributed by atoms with van der Waals surface area (Å²) in [5, 5.41) is 2.53. The Morgan fingerprint density at radius 2 is 1.82 bits per heavy atom. The number of nitrogens with one attached hydrogen (secondary N) is 1. The third-order valence-corrected chi connectivity index (χ3v) is 6.45. The van der Waals surface area contributed by atoms with Crippen molar-refractivity contribution in [1.82, 2.24) is 4.90 Å². The number of sulfone groups is 1. The van der Waals surface area contributed by atoms with E-state index >= 15 is 0 Å². The van der Waals surface area contributed by atoms with E-state index in [1.165, 1.54) is 0 Å². The molecular weight excluding hydrogens is 300 g/mol. The van der Waals surface area contributed by atoms with Crippen molar-refractivity contribution in [2.45, 2.75) is 31.9 Å². The van der Waals surface area contributed by atoms with Crippen molar-refractivity contribution < 1.29 is 13.2 Å². The lowest BCUT2D eigenvalue weighted by atomic mass is 10.1. The number of carbonyl (C=O) groups is 1. The smallest absolute Gasteiger partial charge is 0.321 e. The number of hydrogen-bond acceptors (Lipinski definition) is 3. The zero-order valence-corrected chi connectivity index (χ0v) is 14.0. The number of benzene rings is 1. The van der Waals surface area contributed by atoms with Crippen LogP contribution < -0.4 is 5.32 Å². The molecule has 22 heavy (non-hydrogen) atoms. The molecule has 1 heterocycles. The van der Waals surface area contributed by atoms with Crippen molar-refractivity contribution in [3.63, 3.8) is 0 Å². The number of carbonyl (C=O) groups excluding carboxylic acids is 1. The highest BCUT2D eigenvalue weighted by atomic mass is 32.2. The van der Waals surface area contributed by atoms with Crippen molar-refractivity contribution in [2.75, 3.05) is 24.2 Å². The summed E-state index contributed by atoms with van der Waals surface area (Å²) in [5.41, 5.74) is 0.752. The van der Waals surface area contributed by atoms with Gasteiger partial charge in [-0.1, -0.05) is 32.0 Å². The molecule has 0 unspecified atom stereocenters. The van der Waals surface area contributed by atoms with Gasteiger partial charge >= 0.3 is 6.03 Å². The highest BCUT2D eigenvalue weighted by molar-refractivity contribution is 7.92. The van der Waals surface area contributed by atoms with E-state index in [0.29, 0.717) is 25.9 Å². The van der Waals surface area contributed by atoms with Gasteiger partial charge in [0, 0.05) is 18.8 Å². The summed E-state index contributed by atoms with van der Waals surface area (Å²) in [6, 6.07) is 9.11. The van der Waals surface area contributed by atoms with E-state index in [-0.39, 0.29) is 23.0 Å². The van der Waals surface area contributed by atoms with E-state index in [4.69, 9.17) is 0 Å². The van der Waals surface area contributed by atoms with E-state index in [2.05, 4.69) is 5.32 Å². The van der Waals surface area contributed by atoms with Gasteiger partial charge in [0.05, 0.1) is 11.0 Å². The lowest BCUT2D eigenvalue weighted by Crippen LogP contribution is -2.45. The van der Waals surface area contributed by atoms with Crippen LogP contribution in [0.15, 0.2) is 30.3 Å². The van der Waals surface area contributed by atoms with Crippen molar-refractivity contribution in [3.8, 4) is 0 Å². The molecule has 2 amide bonds. The molecule has 0 saturated carbocycles. The third-order valence-electron chi connectivity index (χ3n) is 3.83. The molecule has 1 N–H and O–H groups in total. The van der Waals surface area contributed by atoms with Crippen LogP contribution in [0, 0.1) is 5.92 Å². The van der Waals surface area contributed by atoms with Crippen molar-refractivity contribution in [1.29, 1.82) is 0 Å². The van der Waals surface area contributed by atoms with Gasteiger partial charge in [0.15, 0.2) is 9.84 Å². The Hall–Kier alpha value is -1.56. The van der Waals surface area contributed by atoms with Gasteiger partial charge in [-0.3, -0.25) is 0 Å². The third kappa shape index (κ3) is 4.47. The van der Waals surface area contributed by atoms with E-state index in [1.807, 2.05) is 44.2 Å². The number of amides is 2. The topological polar surface area (TPSA) is 66.5 Å². The first-order valence-electron chi connectivity index (χ1n) is 7.71. The standard InChI is InChI=1S/C16H24N2O3S/c1-13(2)12-22(20,21)15-8-10-18(11-9-15)16(19)17-14-6-4-3-5-7-14/h3-7,13,15H,8-12H2,1-2H3,(H,17,19). The fourth-order valence-corrected chi connectivity index (χ4v) is 4.87. The van der Waals surface area contributed by atoms with Crippen LogP contribution in [-0.2, 0) is 9.84 Å². The Morgan fingerprint density at radius 1 is 1.23 bits per heavy atom. The van der Waals surface area contributed by atoms with Crippen molar-refractivity contribution in [2.24, 2.45) is 5.92 Å². The summed E-state index contributed by atoms with van der Waals surface area (Å²) in [4.78, 5) is 13.9. The molecule has 0 radical (unpaired) electrons. The number of hydrogen-bond donors (Lipinski definition) is 1. The van der Waals surface area contributed by atoms with Gasteiger partial charge in [-0.25, -0.2) is 13.2 Å². The van der Waals surface area contributed by atoms with Crippen LogP contribution in [0.5, 0.6) is 0 Å². The van der Waals surface area contributed by atoms with Crippen LogP contribution in [0.2, 0.25) is 0 Å². The Balaban J connectivity index is 1.88. The van der Waals surface area contributed by atoms with Gasteiger partial charge in [-0.15, -0.1) is 0 Å². The van der Waals surface area contributed by atoms with E-state index < -0.39 is 9.84 Å². The summed E-state index contributed by atoms with van der Waals surface area (Å²) < 4.78 is 24.5. The van der Waals surface area contributed by atoms with E-state index in [9.17, 15) is 13.2 Å². The molecule has 1 aliphatic heterocycles. The molecule has 0 bridgehead atoms. The molecule has 0 spiro atoms. The van der Waals surface area contributed by atoms with Crippen molar-refractivity contribution >= 4 is 21.6 Å². The molecule has 2 rings (SSSR count). The van der Waals surface area contributed by atoms with Crippen molar-refractivity contribution in [3.05, 3.63) is 30.3 Å². The molecule has 1 fully saturated rings. The van der Waals surface area contributed by atoms with Crippen LogP contribution in [0.25, 0.3) is 0 Å². The van der Waals surface area contributed by atoms with Crippen LogP contribution in [0.3, 0.4) is 0 Å². The van der Waals surface area contributed by atoms with Gasteiger partial charge in [-0.2, -0.15) is 0 Å². The Labute approximate surface area is 132 Å². The minimum Gasteiger partial charge on any atom is -0.324 e. The molecule has 0 atom stereocenters.